The first kappa shape index (κ1) is 20.9. The SMILES string of the molecule is [B]c1ccc(CCNC(=O)c2ccc3c4c2O[C@H]2C(=O)CC[C@@]5(O)[C@@H](C3)N(C)CC[C@]425)cc1. The molecule has 2 aromatic rings. The Labute approximate surface area is 194 Å². The lowest BCUT2D eigenvalue weighted by atomic mass is 9.49. The Bertz CT molecular complexity index is 1170. The predicted molar refractivity (Wildman–Crippen MR) is 124 cm³/mol. The lowest BCUT2D eigenvalue weighted by molar-refractivity contribution is -0.185. The van der Waals surface area contributed by atoms with Crippen LogP contribution >= 0.6 is 0 Å². The maximum absolute atomic E-state index is 13.2. The lowest BCUT2D eigenvalue weighted by Crippen LogP contribution is -2.76. The van der Waals surface area contributed by atoms with Crippen LogP contribution < -0.4 is 15.5 Å². The van der Waals surface area contributed by atoms with Crippen LogP contribution in [-0.2, 0) is 23.1 Å². The number of ether oxygens (including phenoxy) is 1. The number of likely N-dealkylation sites (N-methyl/N-ethyl adjacent to an activating group) is 1. The van der Waals surface area contributed by atoms with Crippen molar-refractivity contribution in [2.24, 2.45) is 0 Å². The summed E-state index contributed by atoms with van der Waals surface area (Å²) >= 11 is 0. The molecule has 1 spiro atoms. The highest BCUT2D eigenvalue weighted by atomic mass is 16.5. The van der Waals surface area contributed by atoms with Gasteiger partial charge in [0.1, 0.15) is 13.6 Å². The molecular weight excluding hydrogens is 415 g/mol. The second-order valence-electron chi connectivity index (χ2n) is 10.0. The Morgan fingerprint density at radius 3 is 2.82 bits per heavy atom. The molecule has 4 atom stereocenters. The van der Waals surface area contributed by atoms with E-state index in [-0.39, 0.29) is 17.7 Å². The summed E-state index contributed by atoms with van der Waals surface area (Å²) in [6, 6.07) is 11.4. The normalized spacial score (nSPS) is 31.6. The number of carbonyl (C=O) groups excluding carboxylic acids is 2. The van der Waals surface area contributed by atoms with E-state index in [0.29, 0.717) is 55.4 Å². The first-order valence-corrected chi connectivity index (χ1v) is 11.8. The van der Waals surface area contributed by atoms with E-state index >= 15 is 0 Å². The number of hydrogen-bond acceptors (Lipinski definition) is 5. The molecule has 2 fully saturated rings. The molecule has 4 aliphatic rings. The molecular formula is C26H27BN2O4. The molecule has 7 heteroatoms. The van der Waals surface area contributed by atoms with Gasteiger partial charge < -0.3 is 20.1 Å². The molecule has 0 aromatic heterocycles. The number of aliphatic hydroxyl groups is 1. The highest BCUT2D eigenvalue weighted by Gasteiger charge is 2.72. The molecule has 33 heavy (non-hydrogen) atoms. The molecule has 1 saturated heterocycles. The van der Waals surface area contributed by atoms with Crippen LogP contribution in [0.15, 0.2) is 36.4 Å². The van der Waals surface area contributed by atoms with Crippen LogP contribution in [-0.4, -0.2) is 67.4 Å². The second kappa shape index (κ2) is 7.18. The highest BCUT2D eigenvalue weighted by molar-refractivity contribution is 6.32. The molecule has 6 nitrogen and oxygen atoms in total. The molecule has 6 rings (SSSR count). The van der Waals surface area contributed by atoms with Gasteiger partial charge in [-0.05, 0) is 56.5 Å². The number of benzene rings is 2. The summed E-state index contributed by atoms with van der Waals surface area (Å²) in [7, 11) is 7.79. The van der Waals surface area contributed by atoms with Crippen LogP contribution in [0.2, 0.25) is 0 Å². The first-order chi connectivity index (χ1) is 15.8. The van der Waals surface area contributed by atoms with Gasteiger partial charge in [0.15, 0.2) is 11.9 Å². The van der Waals surface area contributed by atoms with Crippen LogP contribution in [0.5, 0.6) is 5.75 Å². The molecule has 0 unspecified atom stereocenters. The van der Waals surface area contributed by atoms with Crippen molar-refractivity contribution in [1.82, 2.24) is 10.2 Å². The van der Waals surface area contributed by atoms with Crippen molar-refractivity contribution in [1.29, 1.82) is 0 Å². The smallest absolute Gasteiger partial charge is 0.255 e. The monoisotopic (exact) mass is 442 g/mol. The number of nitrogens with one attached hydrogen (secondary N) is 1. The first-order valence-electron chi connectivity index (χ1n) is 11.8. The van der Waals surface area contributed by atoms with Gasteiger partial charge >= 0.3 is 0 Å². The average molecular weight is 442 g/mol. The molecule has 1 saturated carbocycles. The zero-order chi connectivity index (χ0) is 23.0. The van der Waals surface area contributed by atoms with Crippen molar-refractivity contribution in [3.05, 3.63) is 58.7 Å². The van der Waals surface area contributed by atoms with Crippen molar-refractivity contribution in [3.63, 3.8) is 0 Å². The number of rotatable bonds is 4. The van der Waals surface area contributed by atoms with Crippen LogP contribution in [0.25, 0.3) is 0 Å². The number of amides is 1. The maximum atomic E-state index is 13.2. The lowest BCUT2D eigenvalue weighted by Gasteiger charge is -2.62. The van der Waals surface area contributed by atoms with E-state index in [2.05, 4.69) is 10.2 Å². The summed E-state index contributed by atoms with van der Waals surface area (Å²) in [5, 5.41) is 15.0. The quantitative estimate of drug-likeness (QED) is 0.686. The van der Waals surface area contributed by atoms with Crippen molar-refractivity contribution >= 4 is 25.0 Å². The number of piperidine rings is 1. The topological polar surface area (TPSA) is 78.9 Å². The summed E-state index contributed by atoms with van der Waals surface area (Å²) in [6.07, 6.45) is 2.06. The Kier molecular flexibility index (Phi) is 4.55. The van der Waals surface area contributed by atoms with Gasteiger partial charge in [0.05, 0.1) is 16.6 Å². The molecule has 2 aliphatic heterocycles. The summed E-state index contributed by atoms with van der Waals surface area (Å²) in [5.41, 5.74) is 2.45. The van der Waals surface area contributed by atoms with Crippen LogP contribution in [0, 0.1) is 0 Å². The number of hydrogen-bond donors (Lipinski definition) is 2. The van der Waals surface area contributed by atoms with Crippen LogP contribution in [0.1, 0.15) is 46.3 Å². The fraction of sp³-hybridized carbons (Fsp3) is 0.462. The van der Waals surface area contributed by atoms with E-state index in [4.69, 9.17) is 12.6 Å². The second-order valence-corrected chi connectivity index (χ2v) is 10.0. The zero-order valence-corrected chi connectivity index (χ0v) is 18.8. The van der Waals surface area contributed by atoms with Crippen molar-refractivity contribution in [2.75, 3.05) is 20.1 Å². The van der Waals surface area contributed by atoms with E-state index in [1.165, 1.54) is 0 Å². The molecule has 2 heterocycles. The Hall–Kier alpha value is -2.64. The summed E-state index contributed by atoms with van der Waals surface area (Å²) in [6.45, 7) is 1.26. The molecule has 1 amide bonds. The average Bonchev–Trinajstić information content (AvgIpc) is 3.16. The van der Waals surface area contributed by atoms with E-state index in [1.807, 2.05) is 43.4 Å². The molecule has 2 N–H and O–H groups in total. The third-order valence-corrected chi connectivity index (χ3v) is 8.47. The van der Waals surface area contributed by atoms with Crippen LogP contribution in [0.3, 0.4) is 0 Å². The van der Waals surface area contributed by atoms with Gasteiger partial charge in [-0.1, -0.05) is 35.8 Å². The molecule has 2 radical (unpaired) electrons. The fourth-order valence-corrected chi connectivity index (χ4v) is 6.83. The summed E-state index contributed by atoms with van der Waals surface area (Å²) < 4.78 is 6.32. The van der Waals surface area contributed by atoms with Gasteiger partial charge in [-0.3, -0.25) is 9.59 Å². The highest BCUT2D eigenvalue weighted by Crippen LogP contribution is 2.63. The third kappa shape index (κ3) is 2.75. The van der Waals surface area contributed by atoms with Gasteiger partial charge in [-0.15, -0.1) is 0 Å². The van der Waals surface area contributed by atoms with Crippen molar-refractivity contribution < 1.29 is 19.4 Å². The fourth-order valence-electron chi connectivity index (χ4n) is 6.83. The Morgan fingerprint density at radius 2 is 2.03 bits per heavy atom. The minimum Gasteiger partial charge on any atom is -0.480 e. The third-order valence-electron chi connectivity index (χ3n) is 8.47. The minimum atomic E-state index is -1.03. The predicted octanol–water partition coefficient (Wildman–Crippen LogP) is 0.806. The standard InChI is InChI=1S/C26H27BN2O4/c1-29-13-11-25-21-16-4-7-18(24(31)28-12-9-15-2-5-17(27)6-3-15)22(21)33-23(25)19(30)8-10-26(25,32)20(29)14-16/h2-7,20,23,32H,8-14H2,1H3,(H,28,31)/t20-,23+,25+,26-/m1/s1. The summed E-state index contributed by atoms with van der Waals surface area (Å²) in [5.74, 6) is 0.310. The van der Waals surface area contributed by atoms with E-state index in [0.717, 1.165) is 23.2 Å². The molecule has 168 valence electrons. The minimum absolute atomic E-state index is 0.0294. The van der Waals surface area contributed by atoms with Gasteiger partial charge in [0, 0.05) is 24.6 Å². The molecule has 2 aromatic carbocycles. The number of carbonyl (C=O) groups is 2. The van der Waals surface area contributed by atoms with Gasteiger partial charge in [0.25, 0.3) is 5.91 Å². The van der Waals surface area contributed by atoms with E-state index in [1.54, 1.807) is 0 Å². The van der Waals surface area contributed by atoms with E-state index in [9.17, 15) is 14.7 Å². The largest absolute Gasteiger partial charge is 0.480 e. The number of likely N-dealkylation sites (tertiary alicyclic amines) is 1. The molecule has 2 bridgehead atoms. The van der Waals surface area contributed by atoms with Crippen molar-refractivity contribution in [2.45, 2.75) is 55.3 Å². The van der Waals surface area contributed by atoms with Crippen LogP contribution in [0.4, 0.5) is 0 Å². The van der Waals surface area contributed by atoms with Crippen molar-refractivity contribution in [3.8, 4) is 5.75 Å². The Balaban J connectivity index is 1.34. The summed E-state index contributed by atoms with van der Waals surface area (Å²) in [4.78, 5) is 28.4. The van der Waals surface area contributed by atoms with Gasteiger partial charge in [-0.25, -0.2) is 0 Å². The maximum Gasteiger partial charge on any atom is 0.255 e. The Morgan fingerprint density at radius 1 is 1.24 bits per heavy atom. The number of ketones is 1. The number of Topliss-reactive ketones (excluding diaryl/α,β-unsaturated/α-hetero) is 1. The van der Waals surface area contributed by atoms with E-state index < -0.39 is 17.1 Å². The van der Waals surface area contributed by atoms with Gasteiger partial charge in [-0.2, -0.15) is 0 Å². The van der Waals surface area contributed by atoms with Gasteiger partial charge in [0.2, 0.25) is 0 Å². The zero-order valence-electron chi connectivity index (χ0n) is 18.8. The number of nitrogens with zero attached hydrogens (tertiary/aromatic N) is 1. The molecule has 2 aliphatic carbocycles.